The van der Waals surface area contributed by atoms with Crippen molar-refractivity contribution in [3.63, 3.8) is 0 Å². The number of carbonyl (C=O) groups is 1. The Morgan fingerprint density at radius 3 is 3.00 bits per heavy atom. The molecule has 1 amide bonds. The lowest BCUT2D eigenvalue weighted by Gasteiger charge is -2.22. The van der Waals surface area contributed by atoms with Gasteiger partial charge in [0.05, 0.1) is 0 Å². The van der Waals surface area contributed by atoms with E-state index in [-0.39, 0.29) is 11.4 Å². The lowest BCUT2D eigenvalue weighted by molar-refractivity contribution is 0.1000. The molecule has 0 aromatic heterocycles. The lowest BCUT2D eigenvalue weighted by Crippen LogP contribution is -2.33. The number of rotatable bonds is 4. The molecule has 1 saturated heterocycles. The van der Waals surface area contributed by atoms with Crippen molar-refractivity contribution in [1.82, 2.24) is 5.32 Å². The Morgan fingerprint density at radius 1 is 1.56 bits per heavy atom. The third-order valence-electron chi connectivity index (χ3n) is 3.08. The number of amides is 1. The molecule has 98 valence electrons. The summed E-state index contributed by atoms with van der Waals surface area (Å²) in [5, 5.41) is 3.35. The third kappa shape index (κ3) is 3.46. The molecule has 0 saturated carbocycles. The number of hydrogen-bond donors (Lipinski definition) is 2. The number of primary amides is 1. The first-order valence-corrected chi connectivity index (χ1v) is 7.21. The maximum atomic E-state index is 13.7. The number of hydrogen-bond acceptors (Lipinski definition) is 3. The standard InChI is InChI=1S/C13H17FN2OS/c14-12-6-9(13(15)17)3-4-10(12)7-16-11-2-1-5-18-8-11/h3-4,6,11,16H,1-2,5,7-8H2,(H2,15,17). The second-order valence-electron chi connectivity index (χ2n) is 4.47. The van der Waals surface area contributed by atoms with Crippen LogP contribution in [0.25, 0.3) is 0 Å². The van der Waals surface area contributed by atoms with Crippen molar-refractivity contribution in [2.75, 3.05) is 11.5 Å². The van der Waals surface area contributed by atoms with E-state index in [0.29, 0.717) is 18.2 Å². The summed E-state index contributed by atoms with van der Waals surface area (Å²) >= 11 is 1.93. The number of nitrogens with one attached hydrogen (secondary N) is 1. The van der Waals surface area contributed by atoms with Crippen molar-refractivity contribution >= 4 is 17.7 Å². The van der Waals surface area contributed by atoms with Crippen molar-refractivity contribution in [1.29, 1.82) is 0 Å². The van der Waals surface area contributed by atoms with Gasteiger partial charge in [-0.1, -0.05) is 6.07 Å². The van der Waals surface area contributed by atoms with Gasteiger partial charge in [-0.15, -0.1) is 0 Å². The third-order valence-corrected chi connectivity index (χ3v) is 4.29. The van der Waals surface area contributed by atoms with Crippen LogP contribution in [-0.4, -0.2) is 23.5 Å². The molecule has 1 heterocycles. The topological polar surface area (TPSA) is 55.1 Å². The highest BCUT2D eigenvalue weighted by Crippen LogP contribution is 2.18. The molecule has 5 heteroatoms. The summed E-state index contributed by atoms with van der Waals surface area (Å²) in [6, 6.07) is 4.85. The quantitative estimate of drug-likeness (QED) is 0.877. The van der Waals surface area contributed by atoms with Crippen molar-refractivity contribution in [3.05, 3.63) is 35.1 Å². The van der Waals surface area contributed by atoms with E-state index in [0.717, 1.165) is 12.2 Å². The van der Waals surface area contributed by atoms with E-state index in [1.807, 2.05) is 11.8 Å². The van der Waals surface area contributed by atoms with Crippen LogP contribution in [0.3, 0.4) is 0 Å². The van der Waals surface area contributed by atoms with Crippen LogP contribution >= 0.6 is 11.8 Å². The van der Waals surface area contributed by atoms with Gasteiger partial charge in [0, 0.05) is 29.5 Å². The van der Waals surface area contributed by atoms with E-state index in [4.69, 9.17) is 5.73 Å². The maximum Gasteiger partial charge on any atom is 0.248 e. The fraction of sp³-hybridized carbons (Fsp3) is 0.462. The molecule has 3 nitrogen and oxygen atoms in total. The van der Waals surface area contributed by atoms with Crippen LogP contribution in [0.15, 0.2) is 18.2 Å². The SMILES string of the molecule is NC(=O)c1ccc(CNC2CCCSC2)c(F)c1. The first-order chi connectivity index (χ1) is 8.66. The zero-order valence-electron chi connectivity index (χ0n) is 10.1. The molecule has 1 aliphatic rings. The number of nitrogens with two attached hydrogens (primary N) is 1. The van der Waals surface area contributed by atoms with Crippen molar-refractivity contribution in [3.8, 4) is 0 Å². The molecule has 1 fully saturated rings. The molecule has 1 atom stereocenters. The normalized spacial score (nSPS) is 19.7. The minimum Gasteiger partial charge on any atom is -0.366 e. The van der Waals surface area contributed by atoms with Crippen LogP contribution in [0, 0.1) is 5.82 Å². The second kappa shape index (κ2) is 6.20. The molecular formula is C13H17FN2OS. The minimum atomic E-state index is -0.600. The average molecular weight is 268 g/mol. The van der Waals surface area contributed by atoms with Gasteiger partial charge in [-0.3, -0.25) is 4.79 Å². The van der Waals surface area contributed by atoms with Crippen molar-refractivity contribution in [2.24, 2.45) is 5.73 Å². The molecule has 1 aliphatic heterocycles. The summed E-state index contributed by atoms with van der Waals surface area (Å²) in [5.41, 5.74) is 5.89. The smallest absolute Gasteiger partial charge is 0.248 e. The van der Waals surface area contributed by atoms with Gasteiger partial charge in [0.25, 0.3) is 0 Å². The van der Waals surface area contributed by atoms with E-state index < -0.39 is 5.91 Å². The molecule has 1 unspecified atom stereocenters. The van der Waals surface area contributed by atoms with Crippen LogP contribution in [0.4, 0.5) is 4.39 Å². The molecule has 2 rings (SSSR count). The van der Waals surface area contributed by atoms with Gasteiger partial charge in [0.1, 0.15) is 5.82 Å². The fourth-order valence-corrected chi connectivity index (χ4v) is 3.11. The van der Waals surface area contributed by atoms with E-state index in [9.17, 15) is 9.18 Å². The van der Waals surface area contributed by atoms with Crippen LogP contribution in [-0.2, 0) is 6.54 Å². The molecule has 18 heavy (non-hydrogen) atoms. The highest BCUT2D eigenvalue weighted by atomic mass is 32.2. The Bertz CT molecular complexity index is 433. The highest BCUT2D eigenvalue weighted by molar-refractivity contribution is 7.99. The van der Waals surface area contributed by atoms with E-state index in [1.165, 1.54) is 18.2 Å². The van der Waals surface area contributed by atoms with Crippen LogP contribution in [0.2, 0.25) is 0 Å². The molecule has 0 spiro atoms. The van der Waals surface area contributed by atoms with Gasteiger partial charge >= 0.3 is 0 Å². The molecule has 0 bridgehead atoms. The summed E-state index contributed by atoms with van der Waals surface area (Å²) in [5.74, 6) is 1.33. The maximum absolute atomic E-state index is 13.7. The van der Waals surface area contributed by atoms with Crippen LogP contribution < -0.4 is 11.1 Å². The minimum absolute atomic E-state index is 0.212. The van der Waals surface area contributed by atoms with E-state index in [1.54, 1.807) is 12.1 Å². The number of halogens is 1. The summed E-state index contributed by atoms with van der Waals surface area (Å²) < 4.78 is 13.7. The number of thioether (sulfide) groups is 1. The first-order valence-electron chi connectivity index (χ1n) is 6.06. The summed E-state index contributed by atoms with van der Waals surface area (Å²) in [4.78, 5) is 10.9. The Balaban J connectivity index is 1.94. The van der Waals surface area contributed by atoms with Gasteiger partial charge < -0.3 is 11.1 Å². The Morgan fingerprint density at radius 2 is 2.39 bits per heavy atom. The zero-order valence-corrected chi connectivity index (χ0v) is 10.9. The first kappa shape index (κ1) is 13.4. The van der Waals surface area contributed by atoms with Gasteiger partial charge in [-0.2, -0.15) is 11.8 Å². The largest absolute Gasteiger partial charge is 0.366 e. The lowest BCUT2D eigenvalue weighted by atomic mass is 10.1. The van der Waals surface area contributed by atoms with E-state index >= 15 is 0 Å². The monoisotopic (exact) mass is 268 g/mol. The molecule has 1 aromatic rings. The highest BCUT2D eigenvalue weighted by Gasteiger charge is 2.14. The number of benzene rings is 1. The van der Waals surface area contributed by atoms with Gasteiger partial charge in [0.2, 0.25) is 5.91 Å². The molecule has 0 radical (unpaired) electrons. The fourth-order valence-electron chi connectivity index (χ4n) is 2.00. The van der Waals surface area contributed by atoms with Gasteiger partial charge in [-0.05, 0) is 30.7 Å². The van der Waals surface area contributed by atoms with Gasteiger partial charge in [-0.25, -0.2) is 4.39 Å². The Labute approximate surface area is 110 Å². The predicted molar refractivity (Wildman–Crippen MR) is 72.1 cm³/mol. The molecular weight excluding hydrogens is 251 g/mol. The summed E-state index contributed by atoms with van der Waals surface area (Å²) in [6.07, 6.45) is 2.36. The van der Waals surface area contributed by atoms with Crippen LogP contribution in [0.1, 0.15) is 28.8 Å². The van der Waals surface area contributed by atoms with Crippen molar-refractivity contribution < 1.29 is 9.18 Å². The van der Waals surface area contributed by atoms with Crippen molar-refractivity contribution in [2.45, 2.75) is 25.4 Å². The van der Waals surface area contributed by atoms with Gasteiger partial charge in [0.15, 0.2) is 0 Å². The summed E-state index contributed by atoms with van der Waals surface area (Å²) in [7, 11) is 0. The molecule has 1 aromatic carbocycles. The summed E-state index contributed by atoms with van der Waals surface area (Å²) in [6.45, 7) is 0.496. The molecule has 0 aliphatic carbocycles. The zero-order chi connectivity index (χ0) is 13.0. The average Bonchev–Trinajstić information content (AvgIpc) is 2.38. The Kier molecular flexibility index (Phi) is 4.60. The molecule has 3 N–H and O–H groups in total. The predicted octanol–water partition coefficient (Wildman–Crippen LogP) is 1.91. The second-order valence-corrected chi connectivity index (χ2v) is 5.62. The van der Waals surface area contributed by atoms with Crippen LogP contribution in [0.5, 0.6) is 0 Å². The number of carbonyl (C=O) groups excluding carboxylic acids is 1. The van der Waals surface area contributed by atoms with E-state index in [2.05, 4.69) is 5.32 Å². The Hall–Kier alpha value is -1.07.